The van der Waals surface area contributed by atoms with E-state index in [2.05, 4.69) is 4.99 Å². The minimum Gasteiger partial charge on any atom is -0.478 e. The number of carbonyl (C=O) groups is 2. The molecule has 10 heteroatoms. The molecule has 1 N–H and O–H groups in total. The van der Waals surface area contributed by atoms with Crippen LogP contribution in [0.2, 0.25) is 0 Å². The summed E-state index contributed by atoms with van der Waals surface area (Å²) in [4.78, 5) is 40.7. The first kappa shape index (κ1) is 22.0. The van der Waals surface area contributed by atoms with Crippen LogP contribution in [0.15, 0.2) is 75.0 Å². The second-order valence-corrected chi connectivity index (χ2v) is 7.92. The number of amides is 1. The Hall–Kier alpha value is -4.18. The van der Waals surface area contributed by atoms with Crippen LogP contribution < -0.4 is 0 Å². The number of hydrogen-bond acceptors (Lipinski definition) is 7. The molecule has 0 aliphatic carbocycles. The smallest absolute Gasteiger partial charge is 0.335 e. The van der Waals surface area contributed by atoms with Crippen LogP contribution >= 0.6 is 11.8 Å². The quantitative estimate of drug-likeness (QED) is 0.303. The van der Waals surface area contributed by atoms with Crippen LogP contribution in [0.1, 0.15) is 23.0 Å². The number of benzene rings is 2. The summed E-state index contributed by atoms with van der Waals surface area (Å²) in [5.41, 5.74) is 1.36. The fourth-order valence-corrected chi connectivity index (χ4v) is 4.16. The van der Waals surface area contributed by atoms with Crippen LogP contribution in [0.25, 0.3) is 17.4 Å². The van der Waals surface area contributed by atoms with Crippen molar-refractivity contribution in [3.8, 4) is 11.3 Å². The summed E-state index contributed by atoms with van der Waals surface area (Å²) < 4.78 is 5.81. The third kappa shape index (κ3) is 4.70. The lowest BCUT2D eigenvalue weighted by Crippen LogP contribution is -2.28. The largest absolute Gasteiger partial charge is 0.478 e. The SMILES string of the molecule is CCN1C(=O)/C(=C/c2ccc(-c3ccc([N+](=O)[O-])cc3)o2)SC1=Nc1ccc(C(=O)O)cc1. The minimum atomic E-state index is -1.02. The van der Waals surface area contributed by atoms with Gasteiger partial charge in [-0.25, -0.2) is 9.79 Å². The van der Waals surface area contributed by atoms with Gasteiger partial charge in [0.2, 0.25) is 0 Å². The van der Waals surface area contributed by atoms with Crippen molar-refractivity contribution in [2.45, 2.75) is 6.92 Å². The summed E-state index contributed by atoms with van der Waals surface area (Å²) in [5, 5.41) is 20.3. The molecule has 2 aromatic carbocycles. The number of nitro benzene ring substituents is 1. The van der Waals surface area contributed by atoms with E-state index in [0.717, 1.165) is 0 Å². The fraction of sp³-hybridized carbons (Fsp3) is 0.0870. The van der Waals surface area contributed by atoms with Gasteiger partial charge >= 0.3 is 5.97 Å². The Morgan fingerprint density at radius 1 is 1.15 bits per heavy atom. The molecular weight excluding hydrogens is 446 g/mol. The lowest BCUT2D eigenvalue weighted by Gasteiger charge is -2.11. The van der Waals surface area contributed by atoms with Crippen LogP contribution in [-0.4, -0.2) is 38.5 Å². The highest BCUT2D eigenvalue weighted by atomic mass is 32.2. The predicted octanol–water partition coefficient (Wildman–Crippen LogP) is 5.18. The fourth-order valence-electron chi connectivity index (χ4n) is 3.12. The Morgan fingerprint density at radius 3 is 2.45 bits per heavy atom. The highest BCUT2D eigenvalue weighted by Crippen LogP contribution is 2.35. The number of furan rings is 1. The molecule has 1 aliphatic heterocycles. The number of hydrogen-bond donors (Lipinski definition) is 1. The minimum absolute atomic E-state index is 0.00956. The van der Waals surface area contributed by atoms with Crippen LogP contribution in [0.4, 0.5) is 11.4 Å². The Morgan fingerprint density at radius 2 is 1.85 bits per heavy atom. The molecule has 33 heavy (non-hydrogen) atoms. The van der Waals surface area contributed by atoms with Crippen molar-refractivity contribution in [3.05, 3.63) is 87.0 Å². The topological polar surface area (TPSA) is 126 Å². The number of non-ortho nitro benzene ring substituents is 1. The van der Waals surface area contributed by atoms with E-state index in [-0.39, 0.29) is 17.2 Å². The molecule has 2 heterocycles. The average molecular weight is 463 g/mol. The zero-order chi connectivity index (χ0) is 23.5. The van der Waals surface area contributed by atoms with Crippen molar-refractivity contribution in [3.63, 3.8) is 0 Å². The van der Waals surface area contributed by atoms with Gasteiger partial charge in [0.1, 0.15) is 11.5 Å². The van der Waals surface area contributed by atoms with E-state index >= 15 is 0 Å². The van der Waals surface area contributed by atoms with Crippen molar-refractivity contribution >= 4 is 46.3 Å². The van der Waals surface area contributed by atoms with E-state index in [4.69, 9.17) is 9.52 Å². The van der Waals surface area contributed by atoms with Gasteiger partial charge < -0.3 is 9.52 Å². The lowest BCUT2D eigenvalue weighted by atomic mass is 10.1. The number of amidine groups is 1. The molecule has 1 aliphatic rings. The zero-order valence-electron chi connectivity index (χ0n) is 17.3. The molecule has 1 saturated heterocycles. The molecule has 166 valence electrons. The van der Waals surface area contributed by atoms with Crippen LogP contribution in [0.3, 0.4) is 0 Å². The number of carboxylic acids is 1. The van der Waals surface area contributed by atoms with E-state index in [1.54, 1.807) is 42.5 Å². The molecule has 0 bridgehead atoms. The molecule has 0 atom stereocenters. The number of aromatic carboxylic acids is 1. The van der Waals surface area contributed by atoms with Crippen LogP contribution in [-0.2, 0) is 4.79 Å². The van der Waals surface area contributed by atoms with Crippen molar-refractivity contribution in [2.24, 2.45) is 4.99 Å². The van der Waals surface area contributed by atoms with E-state index in [1.165, 1.54) is 40.9 Å². The predicted molar refractivity (Wildman–Crippen MR) is 124 cm³/mol. The standard InChI is InChI=1S/C23H17N3O6S/c1-2-25-21(27)20(33-23(25)24-16-7-3-15(4-8-16)22(28)29)13-18-11-12-19(32-18)14-5-9-17(10-6-14)26(30)31/h3-13H,2H2,1H3,(H,28,29)/b20-13-,24-23?. The Balaban J connectivity index is 1.57. The summed E-state index contributed by atoms with van der Waals surface area (Å²) in [6.45, 7) is 2.26. The molecule has 0 unspecified atom stereocenters. The van der Waals surface area contributed by atoms with Gasteiger partial charge in [0.25, 0.3) is 11.6 Å². The van der Waals surface area contributed by atoms with Crippen molar-refractivity contribution < 1.29 is 24.0 Å². The maximum absolute atomic E-state index is 12.8. The molecule has 9 nitrogen and oxygen atoms in total. The van der Waals surface area contributed by atoms with Crippen molar-refractivity contribution in [1.29, 1.82) is 0 Å². The monoisotopic (exact) mass is 463 g/mol. The number of aliphatic imine (C=N–C) groups is 1. The molecule has 1 aromatic heterocycles. The van der Waals surface area contributed by atoms with Gasteiger partial charge in [-0.15, -0.1) is 0 Å². The third-order valence-corrected chi connectivity index (χ3v) is 5.81. The summed E-state index contributed by atoms with van der Waals surface area (Å²) in [6, 6.07) is 15.5. The third-order valence-electron chi connectivity index (χ3n) is 4.81. The first-order chi connectivity index (χ1) is 15.9. The van der Waals surface area contributed by atoms with Gasteiger partial charge in [0, 0.05) is 30.3 Å². The lowest BCUT2D eigenvalue weighted by molar-refractivity contribution is -0.384. The molecule has 0 radical (unpaired) electrons. The molecular formula is C23H17N3O6S. The highest BCUT2D eigenvalue weighted by Gasteiger charge is 2.32. The molecule has 4 rings (SSSR count). The number of likely N-dealkylation sites (N-methyl/N-ethyl adjacent to an activating group) is 1. The molecule has 1 fully saturated rings. The Labute approximate surface area is 192 Å². The number of nitrogens with zero attached hydrogens (tertiary/aromatic N) is 3. The van der Waals surface area contributed by atoms with Gasteiger partial charge in [0.15, 0.2) is 5.17 Å². The summed E-state index contributed by atoms with van der Waals surface area (Å²) in [7, 11) is 0. The number of carbonyl (C=O) groups excluding carboxylic acids is 1. The first-order valence-electron chi connectivity index (χ1n) is 9.84. The number of nitro groups is 1. The summed E-state index contributed by atoms with van der Waals surface area (Å²) in [5.74, 6) is -0.252. The van der Waals surface area contributed by atoms with Gasteiger partial charge in [-0.1, -0.05) is 0 Å². The highest BCUT2D eigenvalue weighted by molar-refractivity contribution is 8.18. The second-order valence-electron chi connectivity index (χ2n) is 6.91. The van der Waals surface area contributed by atoms with Gasteiger partial charge in [-0.3, -0.25) is 19.8 Å². The summed E-state index contributed by atoms with van der Waals surface area (Å²) in [6.07, 6.45) is 1.63. The van der Waals surface area contributed by atoms with Crippen LogP contribution in [0, 0.1) is 10.1 Å². The number of carboxylic acid groups (broad SMARTS) is 1. The van der Waals surface area contributed by atoms with Crippen molar-refractivity contribution in [2.75, 3.05) is 6.54 Å². The molecule has 3 aromatic rings. The average Bonchev–Trinajstić information content (AvgIpc) is 3.39. The number of thioether (sulfide) groups is 1. The van der Waals surface area contributed by atoms with Crippen LogP contribution in [0.5, 0.6) is 0 Å². The van der Waals surface area contributed by atoms with E-state index < -0.39 is 10.9 Å². The summed E-state index contributed by atoms with van der Waals surface area (Å²) >= 11 is 1.20. The first-order valence-corrected chi connectivity index (χ1v) is 10.7. The van der Waals surface area contributed by atoms with Gasteiger partial charge in [0.05, 0.1) is 21.1 Å². The zero-order valence-corrected chi connectivity index (χ0v) is 18.1. The number of rotatable bonds is 6. The van der Waals surface area contributed by atoms with Gasteiger partial charge in [-0.05, 0) is 67.2 Å². The molecule has 0 spiro atoms. The second kappa shape index (κ2) is 9.13. The Kier molecular flexibility index (Phi) is 6.09. The van der Waals surface area contributed by atoms with Crippen molar-refractivity contribution in [1.82, 2.24) is 4.90 Å². The Bertz CT molecular complexity index is 1290. The maximum atomic E-state index is 12.8. The van der Waals surface area contributed by atoms with Gasteiger partial charge in [-0.2, -0.15) is 0 Å². The molecule has 1 amide bonds. The van der Waals surface area contributed by atoms with E-state index in [0.29, 0.717) is 39.4 Å². The molecule has 0 saturated carbocycles. The van der Waals surface area contributed by atoms with E-state index in [1.807, 2.05) is 6.92 Å². The van der Waals surface area contributed by atoms with E-state index in [9.17, 15) is 19.7 Å². The maximum Gasteiger partial charge on any atom is 0.335 e. The normalized spacial score (nSPS) is 16.0.